The number of aliphatic carboxylic acids is 1. The Balaban J connectivity index is 2.50. The topological polar surface area (TPSA) is 94.8 Å². The molecule has 11 heavy (non-hydrogen) atoms. The number of carbonyl (C=O) groups excluding carboxylic acids is 1. The van der Waals surface area contributed by atoms with E-state index in [0.29, 0.717) is 5.69 Å². The standard InChI is InChI=1S/C6H9N3O2/c7-5(6(10)11)1-4-2-8-3-9-4/h2-3,5H,1,7H2,(H,8,9)(H,10,11)/p-1. The van der Waals surface area contributed by atoms with Crippen LogP contribution >= 0.6 is 0 Å². The lowest BCUT2D eigenvalue weighted by Gasteiger charge is -2.09. The normalized spacial score (nSPS) is 12.8. The summed E-state index contributed by atoms with van der Waals surface area (Å²) in [5, 5.41) is 10.2. The van der Waals surface area contributed by atoms with Gasteiger partial charge in [0.25, 0.3) is 0 Å². The van der Waals surface area contributed by atoms with Crippen molar-refractivity contribution in [1.82, 2.24) is 9.97 Å². The molecule has 0 aliphatic heterocycles. The van der Waals surface area contributed by atoms with Crippen LogP contribution in [-0.2, 0) is 11.2 Å². The lowest BCUT2D eigenvalue weighted by atomic mass is 10.2. The molecule has 5 nitrogen and oxygen atoms in total. The minimum absolute atomic E-state index is 0.225. The van der Waals surface area contributed by atoms with Gasteiger partial charge in [-0.15, -0.1) is 0 Å². The van der Waals surface area contributed by atoms with Gasteiger partial charge in [-0.25, -0.2) is 4.98 Å². The van der Waals surface area contributed by atoms with E-state index in [2.05, 4.69) is 9.97 Å². The van der Waals surface area contributed by atoms with Gasteiger partial charge in [0.05, 0.1) is 12.3 Å². The van der Waals surface area contributed by atoms with Crippen LogP contribution in [0.4, 0.5) is 0 Å². The fraction of sp³-hybridized carbons (Fsp3) is 0.333. The molecule has 1 heterocycles. The van der Waals surface area contributed by atoms with Crippen LogP contribution in [0.5, 0.6) is 0 Å². The van der Waals surface area contributed by atoms with Gasteiger partial charge in [0.15, 0.2) is 0 Å². The highest BCUT2D eigenvalue weighted by atomic mass is 16.4. The number of carboxylic acids is 1. The zero-order valence-electron chi connectivity index (χ0n) is 5.78. The highest BCUT2D eigenvalue weighted by molar-refractivity contribution is 5.71. The Hall–Kier alpha value is -1.36. The molecule has 1 unspecified atom stereocenters. The summed E-state index contributed by atoms with van der Waals surface area (Å²) < 4.78 is 0. The van der Waals surface area contributed by atoms with Gasteiger partial charge in [0, 0.05) is 24.4 Å². The highest BCUT2D eigenvalue weighted by Crippen LogP contribution is 1.94. The summed E-state index contributed by atoms with van der Waals surface area (Å²) in [7, 11) is 0. The third kappa shape index (κ3) is 2.05. The number of nitrogens with one attached hydrogen (secondary N) is 1. The van der Waals surface area contributed by atoms with Crippen molar-refractivity contribution in [2.75, 3.05) is 0 Å². The third-order valence-electron chi connectivity index (χ3n) is 1.30. The van der Waals surface area contributed by atoms with E-state index < -0.39 is 12.0 Å². The maximum Gasteiger partial charge on any atom is 0.0921 e. The number of nitrogens with two attached hydrogens (primary N) is 1. The van der Waals surface area contributed by atoms with Gasteiger partial charge in [0.1, 0.15) is 0 Å². The van der Waals surface area contributed by atoms with E-state index in [9.17, 15) is 9.90 Å². The maximum atomic E-state index is 10.2. The van der Waals surface area contributed by atoms with Crippen molar-refractivity contribution in [3.63, 3.8) is 0 Å². The molecule has 0 aliphatic carbocycles. The zero-order chi connectivity index (χ0) is 8.27. The van der Waals surface area contributed by atoms with Crippen LogP contribution in [0, 0.1) is 0 Å². The van der Waals surface area contributed by atoms with Crippen molar-refractivity contribution >= 4 is 5.97 Å². The summed E-state index contributed by atoms with van der Waals surface area (Å²) in [4.78, 5) is 16.6. The first-order chi connectivity index (χ1) is 5.20. The first kappa shape index (κ1) is 7.74. The van der Waals surface area contributed by atoms with Gasteiger partial charge >= 0.3 is 0 Å². The molecule has 0 aliphatic rings. The van der Waals surface area contributed by atoms with E-state index in [-0.39, 0.29) is 6.42 Å². The molecule has 0 saturated heterocycles. The molecule has 0 amide bonds. The highest BCUT2D eigenvalue weighted by Gasteiger charge is 2.04. The predicted molar refractivity (Wildman–Crippen MR) is 35.3 cm³/mol. The number of hydrogen-bond donors (Lipinski definition) is 2. The van der Waals surface area contributed by atoms with E-state index in [0.717, 1.165) is 0 Å². The number of aromatic amines is 1. The monoisotopic (exact) mass is 154 g/mol. The molecular formula is C6H8N3O2-. The van der Waals surface area contributed by atoms with E-state index in [1.807, 2.05) is 0 Å². The van der Waals surface area contributed by atoms with Gasteiger partial charge in [-0.05, 0) is 0 Å². The number of carbonyl (C=O) groups is 1. The number of imidazole rings is 1. The molecule has 0 saturated carbocycles. The quantitative estimate of drug-likeness (QED) is 0.528. The van der Waals surface area contributed by atoms with Crippen molar-refractivity contribution in [2.24, 2.45) is 5.73 Å². The SMILES string of the molecule is NC(Cc1cnc[nH]1)C(=O)[O-]. The largest absolute Gasteiger partial charge is 0.548 e. The van der Waals surface area contributed by atoms with Crippen molar-refractivity contribution in [2.45, 2.75) is 12.5 Å². The van der Waals surface area contributed by atoms with Crippen LogP contribution in [0.1, 0.15) is 5.69 Å². The zero-order valence-corrected chi connectivity index (χ0v) is 5.78. The van der Waals surface area contributed by atoms with Gasteiger partial charge in [-0.3, -0.25) is 0 Å². The van der Waals surface area contributed by atoms with Gasteiger partial charge in [-0.2, -0.15) is 0 Å². The Bertz CT molecular complexity index is 232. The molecule has 1 aromatic rings. The summed E-state index contributed by atoms with van der Waals surface area (Å²) in [6, 6.07) is -0.963. The first-order valence-electron chi connectivity index (χ1n) is 3.14. The van der Waals surface area contributed by atoms with Crippen LogP contribution in [-0.4, -0.2) is 22.0 Å². The molecular weight excluding hydrogens is 146 g/mol. The van der Waals surface area contributed by atoms with Gasteiger partial charge in [0.2, 0.25) is 0 Å². The average molecular weight is 154 g/mol. The summed E-state index contributed by atoms with van der Waals surface area (Å²) >= 11 is 0. The molecule has 5 heteroatoms. The Labute approximate surface area is 63.3 Å². The lowest BCUT2D eigenvalue weighted by molar-refractivity contribution is -0.307. The molecule has 1 rings (SSSR count). The average Bonchev–Trinajstić information content (AvgIpc) is 2.39. The lowest BCUT2D eigenvalue weighted by Crippen LogP contribution is -2.43. The van der Waals surface area contributed by atoms with Crippen molar-refractivity contribution in [3.8, 4) is 0 Å². The molecule has 0 aromatic carbocycles. The van der Waals surface area contributed by atoms with Gasteiger partial charge in [-0.1, -0.05) is 0 Å². The summed E-state index contributed by atoms with van der Waals surface area (Å²) in [5.74, 6) is -1.25. The summed E-state index contributed by atoms with van der Waals surface area (Å²) in [6.07, 6.45) is 3.22. The van der Waals surface area contributed by atoms with Crippen molar-refractivity contribution < 1.29 is 9.90 Å². The number of rotatable bonds is 3. The Morgan fingerprint density at radius 2 is 2.64 bits per heavy atom. The summed E-state index contributed by atoms with van der Waals surface area (Å²) in [5.41, 5.74) is 5.89. The van der Waals surface area contributed by atoms with Crippen LogP contribution in [0.15, 0.2) is 12.5 Å². The predicted octanol–water partition coefficient (Wildman–Crippen LogP) is -1.97. The number of H-pyrrole nitrogens is 1. The van der Waals surface area contributed by atoms with Crippen LogP contribution in [0.3, 0.4) is 0 Å². The number of carboxylic acid groups (broad SMARTS) is 1. The van der Waals surface area contributed by atoms with E-state index >= 15 is 0 Å². The molecule has 60 valence electrons. The number of aromatic nitrogens is 2. The minimum Gasteiger partial charge on any atom is -0.548 e. The minimum atomic E-state index is -1.25. The van der Waals surface area contributed by atoms with Crippen molar-refractivity contribution in [3.05, 3.63) is 18.2 Å². The summed E-state index contributed by atoms with van der Waals surface area (Å²) in [6.45, 7) is 0. The maximum absolute atomic E-state index is 10.2. The molecule has 0 spiro atoms. The Morgan fingerprint density at radius 1 is 1.91 bits per heavy atom. The van der Waals surface area contributed by atoms with E-state index in [1.54, 1.807) is 0 Å². The van der Waals surface area contributed by atoms with Gasteiger partial charge < -0.3 is 20.6 Å². The molecule has 0 fully saturated rings. The second-order valence-corrected chi connectivity index (χ2v) is 2.21. The first-order valence-corrected chi connectivity index (χ1v) is 3.14. The van der Waals surface area contributed by atoms with Crippen molar-refractivity contribution in [1.29, 1.82) is 0 Å². The van der Waals surface area contributed by atoms with Crippen LogP contribution in [0.25, 0.3) is 0 Å². The molecule has 1 aromatic heterocycles. The Morgan fingerprint density at radius 3 is 3.09 bits per heavy atom. The van der Waals surface area contributed by atoms with Crippen LogP contribution in [0.2, 0.25) is 0 Å². The second kappa shape index (κ2) is 3.16. The number of nitrogens with zero attached hydrogens (tertiary/aromatic N) is 1. The Kier molecular flexibility index (Phi) is 2.22. The molecule has 0 bridgehead atoms. The van der Waals surface area contributed by atoms with Crippen LogP contribution < -0.4 is 10.8 Å². The fourth-order valence-electron chi connectivity index (χ4n) is 0.717. The molecule has 3 N–H and O–H groups in total. The smallest absolute Gasteiger partial charge is 0.0921 e. The number of hydrogen-bond acceptors (Lipinski definition) is 4. The third-order valence-corrected chi connectivity index (χ3v) is 1.30. The molecule has 0 radical (unpaired) electrons. The molecule has 1 atom stereocenters. The fourth-order valence-corrected chi connectivity index (χ4v) is 0.717. The van der Waals surface area contributed by atoms with E-state index in [1.165, 1.54) is 12.5 Å². The second-order valence-electron chi connectivity index (χ2n) is 2.21. The van der Waals surface area contributed by atoms with E-state index in [4.69, 9.17) is 5.73 Å².